The van der Waals surface area contributed by atoms with Gasteiger partial charge in [-0.1, -0.05) is 13.3 Å². The molecule has 1 aliphatic carbocycles. The van der Waals surface area contributed by atoms with E-state index in [1.165, 1.54) is 30.7 Å². The highest BCUT2D eigenvalue weighted by atomic mass is 16.6. The van der Waals surface area contributed by atoms with Crippen molar-refractivity contribution in [3.8, 4) is 0 Å². The molecule has 112 valence electrons. The van der Waals surface area contributed by atoms with Crippen LogP contribution in [0.4, 0.5) is 5.69 Å². The van der Waals surface area contributed by atoms with E-state index >= 15 is 0 Å². The van der Waals surface area contributed by atoms with E-state index in [9.17, 15) is 14.9 Å². The second-order valence-corrected chi connectivity index (χ2v) is 5.27. The van der Waals surface area contributed by atoms with Crippen LogP contribution in [0, 0.1) is 16.0 Å². The third-order valence-corrected chi connectivity index (χ3v) is 3.92. The molecule has 0 heterocycles. The number of benzene rings is 1. The lowest BCUT2D eigenvalue weighted by molar-refractivity contribution is -0.384. The topological polar surface area (TPSA) is 84.6 Å². The molecule has 1 aliphatic rings. The quantitative estimate of drug-likeness (QED) is 0.681. The molecule has 0 saturated heterocycles. The van der Waals surface area contributed by atoms with Crippen LogP contribution in [0.3, 0.4) is 0 Å². The van der Waals surface area contributed by atoms with Crippen molar-refractivity contribution in [2.24, 2.45) is 11.0 Å². The van der Waals surface area contributed by atoms with Crippen molar-refractivity contribution < 1.29 is 9.72 Å². The Morgan fingerprint density at radius 3 is 2.48 bits per heavy atom. The van der Waals surface area contributed by atoms with E-state index < -0.39 is 4.92 Å². The normalized spacial score (nSPS) is 18.1. The molecule has 21 heavy (non-hydrogen) atoms. The van der Waals surface area contributed by atoms with E-state index in [0.29, 0.717) is 5.56 Å². The van der Waals surface area contributed by atoms with Gasteiger partial charge in [-0.25, -0.2) is 5.43 Å². The summed E-state index contributed by atoms with van der Waals surface area (Å²) in [5.74, 6) is 0.435. The van der Waals surface area contributed by atoms with Crippen molar-refractivity contribution in [2.75, 3.05) is 0 Å². The van der Waals surface area contributed by atoms with Crippen molar-refractivity contribution in [1.82, 2.24) is 5.43 Å². The zero-order valence-electron chi connectivity index (χ0n) is 12.0. The molecule has 2 rings (SSSR count). The Hall–Kier alpha value is -2.24. The fraction of sp³-hybridized carbons (Fsp3) is 0.467. The molecule has 0 spiro atoms. The molecule has 1 fully saturated rings. The van der Waals surface area contributed by atoms with Gasteiger partial charge in [-0.05, 0) is 43.7 Å². The van der Waals surface area contributed by atoms with Crippen LogP contribution >= 0.6 is 0 Å². The van der Waals surface area contributed by atoms with Gasteiger partial charge < -0.3 is 0 Å². The number of hydrazone groups is 1. The summed E-state index contributed by atoms with van der Waals surface area (Å²) in [7, 11) is 0. The zero-order chi connectivity index (χ0) is 15.2. The zero-order valence-corrected chi connectivity index (χ0v) is 12.0. The number of nitrogens with one attached hydrogen (secondary N) is 1. The van der Waals surface area contributed by atoms with Crippen molar-refractivity contribution >= 4 is 17.3 Å². The highest BCUT2D eigenvalue weighted by Gasteiger charge is 2.16. The Labute approximate surface area is 123 Å². The van der Waals surface area contributed by atoms with Crippen LogP contribution in [0.5, 0.6) is 0 Å². The summed E-state index contributed by atoms with van der Waals surface area (Å²) >= 11 is 0. The summed E-state index contributed by atoms with van der Waals surface area (Å²) in [6.45, 7) is 2.20. The first-order valence-corrected chi connectivity index (χ1v) is 7.20. The molecule has 0 bridgehead atoms. The minimum atomic E-state index is -0.492. The van der Waals surface area contributed by atoms with E-state index in [0.717, 1.165) is 37.3 Å². The summed E-state index contributed by atoms with van der Waals surface area (Å²) in [5, 5.41) is 14.7. The summed E-state index contributed by atoms with van der Waals surface area (Å²) in [6.07, 6.45) is 5.31. The van der Waals surface area contributed by atoms with Gasteiger partial charge in [-0.15, -0.1) is 0 Å². The molecular weight excluding hydrogens is 270 g/mol. The molecule has 0 aliphatic heterocycles. The standard InChI is InChI=1S/C15H19N3O3/c1-2-11-3-7-13(8-4-11)16-17-15(19)12-5-9-14(10-6-12)18(20)21/h5-6,9-11H,2-4,7-8H2,1H3,(H,17,19). The molecule has 0 atom stereocenters. The van der Waals surface area contributed by atoms with Gasteiger partial charge in [-0.3, -0.25) is 14.9 Å². The van der Waals surface area contributed by atoms with E-state index in [2.05, 4.69) is 17.5 Å². The third kappa shape index (κ3) is 4.11. The van der Waals surface area contributed by atoms with Crippen LogP contribution in [-0.2, 0) is 0 Å². The molecule has 1 aromatic rings. The Morgan fingerprint density at radius 2 is 1.95 bits per heavy atom. The van der Waals surface area contributed by atoms with Gasteiger partial charge in [0.2, 0.25) is 0 Å². The Balaban J connectivity index is 1.91. The Morgan fingerprint density at radius 1 is 1.33 bits per heavy atom. The molecule has 6 heteroatoms. The van der Waals surface area contributed by atoms with Gasteiger partial charge >= 0.3 is 0 Å². The maximum absolute atomic E-state index is 11.9. The first-order chi connectivity index (χ1) is 10.1. The van der Waals surface area contributed by atoms with Crippen LogP contribution < -0.4 is 5.43 Å². The summed E-state index contributed by atoms with van der Waals surface area (Å²) in [6, 6.07) is 5.49. The number of hydrogen-bond acceptors (Lipinski definition) is 4. The minimum absolute atomic E-state index is 0.0317. The lowest BCUT2D eigenvalue weighted by Gasteiger charge is -2.21. The average Bonchev–Trinajstić information content (AvgIpc) is 2.53. The van der Waals surface area contributed by atoms with Crippen molar-refractivity contribution in [3.05, 3.63) is 39.9 Å². The van der Waals surface area contributed by atoms with Gasteiger partial charge in [0.05, 0.1) is 4.92 Å². The predicted octanol–water partition coefficient (Wildman–Crippen LogP) is 3.28. The largest absolute Gasteiger partial charge is 0.271 e. The van der Waals surface area contributed by atoms with E-state index in [-0.39, 0.29) is 11.6 Å². The van der Waals surface area contributed by atoms with E-state index in [4.69, 9.17) is 0 Å². The van der Waals surface area contributed by atoms with Crippen molar-refractivity contribution in [1.29, 1.82) is 0 Å². The van der Waals surface area contributed by atoms with Crippen molar-refractivity contribution in [3.63, 3.8) is 0 Å². The summed E-state index contributed by atoms with van der Waals surface area (Å²) in [5.41, 5.74) is 3.89. The SMILES string of the molecule is CCC1CCC(=NNC(=O)c2ccc([N+](=O)[O-])cc2)CC1. The molecule has 0 radical (unpaired) electrons. The number of non-ortho nitro benzene ring substituents is 1. The van der Waals surface area contributed by atoms with Crippen LogP contribution in [0.25, 0.3) is 0 Å². The highest BCUT2D eigenvalue weighted by Crippen LogP contribution is 2.24. The van der Waals surface area contributed by atoms with Gasteiger partial charge in [0, 0.05) is 23.4 Å². The number of carbonyl (C=O) groups excluding carboxylic acids is 1. The van der Waals surface area contributed by atoms with Crippen LogP contribution in [0.15, 0.2) is 29.4 Å². The summed E-state index contributed by atoms with van der Waals surface area (Å²) < 4.78 is 0. The average molecular weight is 289 g/mol. The Kier molecular flexibility index (Phi) is 5.03. The minimum Gasteiger partial charge on any atom is -0.267 e. The lowest BCUT2D eigenvalue weighted by atomic mass is 9.86. The second-order valence-electron chi connectivity index (χ2n) is 5.27. The van der Waals surface area contributed by atoms with Crippen molar-refractivity contribution in [2.45, 2.75) is 39.0 Å². The molecule has 0 aromatic heterocycles. The number of nitro benzene ring substituents is 1. The number of rotatable bonds is 4. The number of amides is 1. The van der Waals surface area contributed by atoms with Crippen LogP contribution in [-0.4, -0.2) is 16.5 Å². The third-order valence-electron chi connectivity index (χ3n) is 3.92. The molecule has 0 unspecified atom stereocenters. The van der Waals surface area contributed by atoms with Gasteiger partial charge in [0.15, 0.2) is 0 Å². The molecular formula is C15H19N3O3. The monoisotopic (exact) mass is 289 g/mol. The van der Waals surface area contributed by atoms with Gasteiger partial charge in [0.1, 0.15) is 0 Å². The number of hydrogen-bond donors (Lipinski definition) is 1. The van der Waals surface area contributed by atoms with Gasteiger partial charge in [0.25, 0.3) is 11.6 Å². The predicted molar refractivity (Wildman–Crippen MR) is 80.2 cm³/mol. The fourth-order valence-electron chi connectivity index (χ4n) is 2.46. The maximum Gasteiger partial charge on any atom is 0.271 e. The van der Waals surface area contributed by atoms with Crippen LogP contribution in [0.2, 0.25) is 0 Å². The Bertz CT molecular complexity index is 542. The molecule has 1 amide bonds. The van der Waals surface area contributed by atoms with Gasteiger partial charge in [-0.2, -0.15) is 5.10 Å². The highest BCUT2D eigenvalue weighted by molar-refractivity contribution is 5.95. The lowest BCUT2D eigenvalue weighted by Crippen LogP contribution is -2.22. The molecule has 1 N–H and O–H groups in total. The van der Waals surface area contributed by atoms with E-state index in [1.807, 2.05) is 0 Å². The van der Waals surface area contributed by atoms with E-state index in [1.54, 1.807) is 0 Å². The number of nitro groups is 1. The first kappa shape index (κ1) is 15.2. The second kappa shape index (κ2) is 6.97. The number of carbonyl (C=O) groups is 1. The number of nitrogens with zero attached hydrogens (tertiary/aromatic N) is 2. The molecule has 1 saturated carbocycles. The molecule has 1 aromatic carbocycles. The first-order valence-electron chi connectivity index (χ1n) is 7.20. The maximum atomic E-state index is 11.9. The summed E-state index contributed by atoms with van der Waals surface area (Å²) in [4.78, 5) is 22.0. The smallest absolute Gasteiger partial charge is 0.267 e. The fourth-order valence-corrected chi connectivity index (χ4v) is 2.46. The molecule has 6 nitrogen and oxygen atoms in total. The van der Waals surface area contributed by atoms with Crippen LogP contribution in [0.1, 0.15) is 49.4 Å².